The van der Waals surface area contributed by atoms with Crippen LogP contribution >= 0.6 is 0 Å². The summed E-state index contributed by atoms with van der Waals surface area (Å²) in [6, 6.07) is 20.9. The quantitative estimate of drug-likeness (QED) is 0.299. The molecular formula is C29H29N5O3. The molecule has 0 aliphatic carbocycles. The van der Waals surface area contributed by atoms with Gasteiger partial charge >= 0.3 is 5.97 Å². The summed E-state index contributed by atoms with van der Waals surface area (Å²) in [7, 11) is 1.89. The van der Waals surface area contributed by atoms with Gasteiger partial charge in [-0.3, -0.25) is 9.59 Å². The SMILES string of the molecule is CNc1ccc2c(cnn2-c2ccc(C(=O)Nc3ccc4c(ccn4CC(=O)OC(C)(C)C)c3)cc2)c1. The Morgan fingerprint density at radius 3 is 2.32 bits per heavy atom. The fourth-order valence-corrected chi connectivity index (χ4v) is 4.28. The van der Waals surface area contributed by atoms with E-state index in [2.05, 4.69) is 15.7 Å². The maximum absolute atomic E-state index is 12.9. The van der Waals surface area contributed by atoms with Crippen LogP contribution in [0.3, 0.4) is 0 Å². The standard InChI is InChI=1S/C29H29N5O3/c1-29(2,3)37-27(35)18-33-14-13-20-15-23(8-11-25(20)33)32-28(36)19-5-9-24(10-6-19)34-26-12-7-22(30-4)16-21(26)17-31-34/h5-17,30H,18H2,1-4H3,(H,32,36). The van der Waals surface area contributed by atoms with E-state index in [1.165, 1.54) is 0 Å². The number of fused-ring (bicyclic) bond motifs is 2. The Hall–Kier alpha value is -4.59. The summed E-state index contributed by atoms with van der Waals surface area (Å²) in [4.78, 5) is 25.1. The van der Waals surface area contributed by atoms with E-state index in [4.69, 9.17) is 4.74 Å². The van der Waals surface area contributed by atoms with E-state index < -0.39 is 5.60 Å². The third-order valence-electron chi connectivity index (χ3n) is 5.98. The third kappa shape index (κ3) is 5.18. The van der Waals surface area contributed by atoms with Crippen molar-refractivity contribution in [1.82, 2.24) is 14.3 Å². The molecule has 2 N–H and O–H groups in total. The molecule has 0 saturated carbocycles. The van der Waals surface area contributed by atoms with Crippen LogP contribution in [0.25, 0.3) is 27.5 Å². The summed E-state index contributed by atoms with van der Waals surface area (Å²) in [6.07, 6.45) is 3.67. The molecule has 8 heteroatoms. The molecule has 5 rings (SSSR count). The number of amides is 1. The Balaban J connectivity index is 1.29. The van der Waals surface area contributed by atoms with Gasteiger partial charge in [0.1, 0.15) is 12.1 Å². The number of ether oxygens (including phenoxy) is 1. The average Bonchev–Trinajstić information content (AvgIpc) is 3.46. The number of anilines is 2. The van der Waals surface area contributed by atoms with Crippen LogP contribution in [0.15, 0.2) is 79.1 Å². The first kappa shape index (κ1) is 24.1. The molecule has 0 saturated heterocycles. The van der Waals surface area contributed by atoms with Gasteiger partial charge < -0.3 is 19.9 Å². The van der Waals surface area contributed by atoms with E-state index in [1.807, 2.05) is 104 Å². The van der Waals surface area contributed by atoms with Gasteiger partial charge in [-0.1, -0.05) is 0 Å². The highest BCUT2D eigenvalue weighted by Gasteiger charge is 2.17. The summed E-state index contributed by atoms with van der Waals surface area (Å²) in [5, 5.41) is 12.5. The van der Waals surface area contributed by atoms with Gasteiger partial charge in [0.2, 0.25) is 0 Å². The highest BCUT2D eigenvalue weighted by atomic mass is 16.6. The Morgan fingerprint density at radius 1 is 0.892 bits per heavy atom. The van der Waals surface area contributed by atoms with E-state index in [0.717, 1.165) is 33.2 Å². The van der Waals surface area contributed by atoms with E-state index in [0.29, 0.717) is 11.3 Å². The number of rotatable bonds is 6. The lowest BCUT2D eigenvalue weighted by atomic mass is 10.1. The molecule has 5 aromatic rings. The molecule has 8 nitrogen and oxygen atoms in total. The number of carbonyl (C=O) groups is 2. The molecule has 0 bridgehead atoms. The van der Waals surface area contributed by atoms with Gasteiger partial charge in [-0.05, 0) is 87.5 Å². The van der Waals surface area contributed by atoms with Crippen LogP contribution in [-0.4, -0.2) is 38.9 Å². The van der Waals surface area contributed by atoms with Gasteiger partial charge in [-0.15, -0.1) is 0 Å². The van der Waals surface area contributed by atoms with Crippen molar-refractivity contribution in [2.75, 3.05) is 17.7 Å². The monoisotopic (exact) mass is 495 g/mol. The number of carbonyl (C=O) groups excluding carboxylic acids is 2. The van der Waals surface area contributed by atoms with Crippen LogP contribution in [0.1, 0.15) is 31.1 Å². The Labute approximate surface area is 214 Å². The molecule has 0 atom stereocenters. The number of aromatic nitrogens is 3. The first-order valence-corrected chi connectivity index (χ1v) is 12.1. The van der Waals surface area contributed by atoms with Crippen molar-refractivity contribution in [3.05, 3.63) is 84.7 Å². The van der Waals surface area contributed by atoms with Crippen LogP contribution in [0.5, 0.6) is 0 Å². The number of nitrogens with zero attached hydrogens (tertiary/aromatic N) is 3. The topological polar surface area (TPSA) is 90.2 Å². The predicted octanol–water partition coefficient (Wildman–Crippen LogP) is 5.62. The lowest BCUT2D eigenvalue weighted by molar-refractivity contribution is -0.155. The number of nitrogens with one attached hydrogen (secondary N) is 2. The van der Waals surface area contributed by atoms with E-state index in [1.54, 1.807) is 12.1 Å². The Bertz CT molecular complexity index is 1610. The lowest BCUT2D eigenvalue weighted by Crippen LogP contribution is -2.26. The van der Waals surface area contributed by atoms with Crippen molar-refractivity contribution < 1.29 is 14.3 Å². The van der Waals surface area contributed by atoms with Crippen molar-refractivity contribution in [3.63, 3.8) is 0 Å². The summed E-state index contributed by atoms with van der Waals surface area (Å²) in [6.45, 7) is 5.67. The van der Waals surface area contributed by atoms with Crippen LogP contribution in [0, 0.1) is 0 Å². The number of hydrogen-bond acceptors (Lipinski definition) is 5. The molecule has 37 heavy (non-hydrogen) atoms. The number of benzene rings is 3. The zero-order valence-electron chi connectivity index (χ0n) is 21.3. The molecule has 3 aromatic carbocycles. The van der Waals surface area contributed by atoms with Crippen LogP contribution in [0.2, 0.25) is 0 Å². The predicted molar refractivity (Wildman–Crippen MR) is 146 cm³/mol. The number of hydrogen-bond donors (Lipinski definition) is 2. The van der Waals surface area contributed by atoms with E-state index >= 15 is 0 Å². The molecule has 188 valence electrons. The average molecular weight is 496 g/mol. The van der Waals surface area contributed by atoms with Crippen LogP contribution in [-0.2, 0) is 16.1 Å². The molecule has 2 heterocycles. The zero-order chi connectivity index (χ0) is 26.2. The smallest absolute Gasteiger partial charge is 0.326 e. The summed E-state index contributed by atoms with van der Waals surface area (Å²) in [5.74, 6) is -0.500. The lowest BCUT2D eigenvalue weighted by Gasteiger charge is -2.19. The first-order valence-electron chi connectivity index (χ1n) is 12.1. The minimum atomic E-state index is -0.529. The van der Waals surface area contributed by atoms with Gasteiger partial charge in [-0.2, -0.15) is 5.10 Å². The van der Waals surface area contributed by atoms with E-state index in [9.17, 15) is 9.59 Å². The molecule has 0 aliphatic heterocycles. The molecule has 0 spiro atoms. The molecule has 0 unspecified atom stereocenters. The van der Waals surface area contributed by atoms with Gasteiger partial charge in [-0.25, -0.2) is 4.68 Å². The molecule has 0 aliphatic rings. The minimum absolute atomic E-state index is 0.126. The molecule has 2 aromatic heterocycles. The fraction of sp³-hybridized carbons (Fsp3) is 0.207. The molecule has 0 radical (unpaired) electrons. The molecular weight excluding hydrogens is 466 g/mol. The van der Waals surface area contributed by atoms with Crippen LogP contribution in [0.4, 0.5) is 11.4 Å². The summed E-state index contributed by atoms with van der Waals surface area (Å²) in [5.41, 5.74) is 4.46. The second kappa shape index (κ2) is 9.46. The molecule has 0 fully saturated rings. The van der Waals surface area contributed by atoms with Crippen molar-refractivity contribution in [2.24, 2.45) is 0 Å². The Kier molecular flexibility index (Phi) is 6.17. The fourth-order valence-electron chi connectivity index (χ4n) is 4.28. The maximum atomic E-state index is 12.9. The Morgan fingerprint density at radius 2 is 1.59 bits per heavy atom. The van der Waals surface area contributed by atoms with Gasteiger partial charge in [0.15, 0.2) is 0 Å². The van der Waals surface area contributed by atoms with Crippen molar-refractivity contribution >= 4 is 45.1 Å². The zero-order valence-corrected chi connectivity index (χ0v) is 21.3. The van der Waals surface area contributed by atoms with Gasteiger partial charge in [0, 0.05) is 46.5 Å². The van der Waals surface area contributed by atoms with Gasteiger partial charge in [0.25, 0.3) is 5.91 Å². The van der Waals surface area contributed by atoms with Crippen molar-refractivity contribution in [3.8, 4) is 5.69 Å². The summed E-state index contributed by atoms with van der Waals surface area (Å²) >= 11 is 0. The largest absolute Gasteiger partial charge is 0.459 e. The van der Waals surface area contributed by atoms with Crippen molar-refractivity contribution in [1.29, 1.82) is 0 Å². The van der Waals surface area contributed by atoms with E-state index in [-0.39, 0.29) is 18.4 Å². The molecule has 1 amide bonds. The summed E-state index contributed by atoms with van der Waals surface area (Å²) < 4.78 is 9.12. The maximum Gasteiger partial charge on any atom is 0.326 e. The van der Waals surface area contributed by atoms with Gasteiger partial charge in [0.05, 0.1) is 17.4 Å². The van der Waals surface area contributed by atoms with Crippen LogP contribution < -0.4 is 10.6 Å². The minimum Gasteiger partial charge on any atom is -0.459 e. The number of esters is 1. The highest BCUT2D eigenvalue weighted by Crippen LogP contribution is 2.24. The highest BCUT2D eigenvalue weighted by molar-refractivity contribution is 6.05. The second-order valence-electron chi connectivity index (χ2n) is 9.88. The first-order chi connectivity index (χ1) is 17.7. The second-order valence-corrected chi connectivity index (χ2v) is 9.88. The normalized spacial score (nSPS) is 11.6. The third-order valence-corrected chi connectivity index (χ3v) is 5.98. The van der Waals surface area contributed by atoms with Crippen molar-refractivity contribution in [2.45, 2.75) is 32.9 Å².